The highest BCUT2D eigenvalue weighted by Gasteiger charge is 2.21. The molecule has 0 unspecified atom stereocenters. The Bertz CT molecular complexity index is 1460. The van der Waals surface area contributed by atoms with Crippen LogP contribution < -0.4 is 10.2 Å². The Morgan fingerprint density at radius 1 is 0.917 bits per heavy atom. The molecule has 1 aliphatic heterocycles. The van der Waals surface area contributed by atoms with Crippen LogP contribution in [0.25, 0.3) is 22.6 Å². The molecule has 0 amide bonds. The summed E-state index contributed by atoms with van der Waals surface area (Å²) in [5.41, 5.74) is 5.30. The van der Waals surface area contributed by atoms with Gasteiger partial charge < -0.3 is 19.5 Å². The van der Waals surface area contributed by atoms with E-state index in [2.05, 4.69) is 30.2 Å². The summed E-state index contributed by atoms with van der Waals surface area (Å²) in [4.78, 5) is 29.9. The molecule has 1 aliphatic rings. The van der Waals surface area contributed by atoms with Gasteiger partial charge in [-0.15, -0.1) is 0 Å². The molecule has 5 heterocycles. The molecular formula is C26H25N9O. The summed E-state index contributed by atoms with van der Waals surface area (Å²) < 4.78 is 7.56. The van der Waals surface area contributed by atoms with Crippen molar-refractivity contribution in [3.8, 4) is 11.4 Å². The number of fused-ring (bicyclic) bond motifs is 1. The smallest absolute Gasteiger partial charge is 0.231 e. The second-order valence-electron chi connectivity index (χ2n) is 8.62. The number of aromatic nitrogens is 7. The Hall–Kier alpha value is -4.44. The van der Waals surface area contributed by atoms with Crippen LogP contribution in [0.3, 0.4) is 0 Å². The third kappa shape index (κ3) is 4.58. The second kappa shape index (κ2) is 9.67. The van der Waals surface area contributed by atoms with Crippen molar-refractivity contribution in [2.24, 2.45) is 0 Å². The van der Waals surface area contributed by atoms with Crippen molar-refractivity contribution < 1.29 is 4.74 Å². The van der Waals surface area contributed by atoms with Crippen LogP contribution in [0.1, 0.15) is 11.3 Å². The van der Waals surface area contributed by atoms with Crippen LogP contribution in [0.4, 0.5) is 17.5 Å². The number of rotatable bonds is 6. The van der Waals surface area contributed by atoms with E-state index < -0.39 is 0 Å². The van der Waals surface area contributed by atoms with Crippen LogP contribution in [-0.4, -0.2) is 60.8 Å². The van der Waals surface area contributed by atoms with Gasteiger partial charge in [-0.1, -0.05) is 6.07 Å². The van der Waals surface area contributed by atoms with E-state index in [0.29, 0.717) is 31.5 Å². The SMILES string of the molecule is Cc1cnc(-c2ccc(Nc3nc(N4CCOCC4)c4ncn(Cc5ccccn5)c4n3)cc2)nc1. The average Bonchev–Trinajstić information content (AvgIpc) is 3.33. The summed E-state index contributed by atoms with van der Waals surface area (Å²) in [6.07, 6.45) is 7.23. The standard InChI is InChI=1S/C26H25N9O/c1-18-14-28-23(29-15-18)19-5-7-20(8-6-19)31-26-32-24(34-10-12-36-13-11-34)22-25(33-26)35(17-30-22)16-21-4-2-3-9-27-21/h2-9,14-15,17H,10-13,16H2,1H3,(H,31,32,33). The van der Waals surface area contributed by atoms with Gasteiger partial charge in [0.25, 0.3) is 0 Å². The molecule has 0 radical (unpaired) electrons. The van der Waals surface area contributed by atoms with Crippen molar-refractivity contribution >= 4 is 28.6 Å². The number of nitrogens with zero attached hydrogens (tertiary/aromatic N) is 8. The van der Waals surface area contributed by atoms with Gasteiger partial charge in [0.1, 0.15) is 0 Å². The van der Waals surface area contributed by atoms with Gasteiger partial charge in [0, 0.05) is 42.9 Å². The Morgan fingerprint density at radius 2 is 1.72 bits per heavy atom. The molecule has 180 valence electrons. The summed E-state index contributed by atoms with van der Waals surface area (Å²) in [7, 11) is 0. The second-order valence-corrected chi connectivity index (χ2v) is 8.62. The number of pyridine rings is 1. The molecule has 0 aliphatic carbocycles. The van der Waals surface area contributed by atoms with Crippen LogP contribution in [0, 0.1) is 6.92 Å². The van der Waals surface area contributed by atoms with Crippen LogP contribution in [-0.2, 0) is 11.3 Å². The first-order valence-electron chi connectivity index (χ1n) is 11.8. The van der Waals surface area contributed by atoms with E-state index in [-0.39, 0.29) is 0 Å². The van der Waals surface area contributed by atoms with Gasteiger partial charge in [-0.05, 0) is 48.9 Å². The van der Waals surface area contributed by atoms with Crippen molar-refractivity contribution in [2.75, 3.05) is 36.5 Å². The van der Waals surface area contributed by atoms with Gasteiger partial charge in [-0.3, -0.25) is 4.98 Å². The maximum absolute atomic E-state index is 5.55. The fourth-order valence-corrected chi connectivity index (χ4v) is 4.14. The van der Waals surface area contributed by atoms with Crippen molar-refractivity contribution in [3.05, 3.63) is 78.6 Å². The zero-order valence-electron chi connectivity index (χ0n) is 19.9. The molecule has 10 heteroatoms. The van der Waals surface area contributed by atoms with E-state index in [1.807, 2.05) is 66.3 Å². The lowest BCUT2D eigenvalue weighted by atomic mass is 10.2. The van der Waals surface area contributed by atoms with Crippen LogP contribution in [0.15, 0.2) is 67.4 Å². The molecule has 36 heavy (non-hydrogen) atoms. The number of ether oxygens (including phenoxy) is 1. The fourth-order valence-electron chi connectivity index (χ4n) is 4.14. The maximum Gasteiger partial charge on any atom is 0.231 e. The normalized spacial score (nSPS) is 13.8. The van der Waals surface area contributed by atoms with E-state index in [1.54, 1.807) is 12.5 Å². The molecule has 1 saturated heterocycles. The highest BCUT2D eigenvalue weighted by molar-refractivity contribution is 5.85. The van der Waals surface area contributed by atoms with Gasteiger partial charge in [-0.25, -0.2) is 15.0 Å². The molecule has 5 aromatic rings. The summed E-state index contributed by atoms with van der Waals surface area (Å²) in [5, 5.41) is 3.37. The van der Waals surface area contributed by atoms with Crippen LogP contribution in [0.2, 0.25) is 0 Å². The molecule has 0 saturated carbocycles. The predicted octanol–water partition coefficient (Wildman–Crippen LogP) is 3.62. The summed E-state index contributed by atoms with van der Waals surface area (Å²) in [5.74, 6) is 2.00. The number of hydrogen-bond acceptors (Lipinski definition) is 9. The fraction of sp³-hybridized carbons (Fsp3) is 0.231. The van der Waals surface area contributed by atoms with Crippen molar-refractivity contribution in [1.82, 2.24) is 34.5 Å². The van der Waals surface area contributed by atoms with Crippen molar-refractivity contribution in [2.45, 2.75) is 13.5 Å². The predicted molar refractivity (Wildman–Crippen MR) is 137 cm³/mol. The minimum atomic E-state index is 0.506. The van der Waals surface area contributed by atoms with E-state index in [9.17, 15) is 0 Å². The number of anilines is 3. The third-order valence-corrected chi connectivity index (χ3v) is 5.99. The van der Waals surface area contributed by atoms with E-state index in [0.717, 1.165) is 52.6 Å². The van der Waals surface area contributed by atoms with E-state index in [4.69, 9.17) is 14.7 Å². The largest absolute Gasteiger partial charge is 0.378 e. The number of benzene rings is 1. The Morgan fingerprint density at radius 3 is 2.47 bits per heavy atom. The van der Waals surface area contributed by atoms with Crippen LogP contribution >= 0.6 is 0 Å². The van der Waals surface area contributed by atoms with Gasteiger partial charge in [0.2, 0.25) is 5.95 Å². The van der Waals surface area contributed by atoms with Gasteiger partial charge in [0.05, 0.1) is 31.8 Å². The molecule has 1 fully saturated rings. The monoisotopic (exact) mass is 479 g/mol. The van der Waals surface area contributed by atoms with Gasteiger partial charge in [-0.2, -0.15) is 9.97 Å². The molecule has 4 aromatic heterocycles. The molecule has 0 bridgehead atoms. The van der Waals surface area contributed by atoms with Crippen molar-refractivity contribution in [3.63, 3.8) is 0 Å². The molecule has 6 rings (SSSR count). The summed E-state index contributed by atoms with van der Waals surface area (Å²) in [6, 6.07) is 13.8. The topological polar surface area (TPSA) is 107 Å². The quantitative estimate of drug-likeness (QED) is 0.391. The molecule has 0 spiro atoms. The van der Waals surface area contributed by atoms with E-state index in [1.165, 1.54) is 0 Å². The molecule has 0 atom stereocenters. The Kier molecular flexibility index (Phi) is 5.92. The third-order valence-electron chi connectivity index (χ3n) is 5.99. The average molecular weight is 480 g/mol. The number of aryl methyl sites for hydroxylation is 1. The van der Waals surface area contributed by atoms with Gasteiger partial charge >= 0.3 is 0 Å². The lowest BCUT2D eigenvalue weighted by molar-refractivity contribution is 0.122. The molecular weight excluding hydrogens is 454 g/mol. The molecule has 10 nitrogen and oxygen atoms in total. The lowest BCUT2D eigenvalue weighted by Gasteiger charge is -2.28. The summed E-state index contributed by atoms with van der Waals surface area (Å²) in [6.45, 7) is 5.37. The number of morpholine rings is 1. The minimum absolute atomic E-state index is 0.506. The Balaban J connectivity index is 1.34. The summed E-state index contributed by atoms with van der Waals surface area (Å²) >= 11 is 0. The molecule has 1 N–H and O–H groups in total. The van der Waals surface area contributed by atoms with Gasteiger partial charge in [0.15, 0.2) is 22.8 Å². The van der Waals surface area contributed by atoms with Crippen molar-refractivity contribution in [1.29, 1.82) is 0 Å². The minimum Gasteiger partial charge on any atom is -0.378 e. The maximum atomic E-state index is 5.55. The number of imidazole rings is 1. The zero-order valence-corrected chi connectivity index (χ0v) is 19.9. The number of nitrogens with one attached hydrogen (secondary N) is 1. The highest BCUT2D eigenvalue weighted by atomic mass is 16.5. The first-order chi connectivity index (χ1) is 17.7. The first-order valence-corrected chi connectivity index (χ1v) is 11.8. The molecule has 1 aromatic carbocycles. The Labute approximate surface area is 208 Å². The lowest BCUT2D eigenvalue weighted by Crippen LogP contribution is -2.37. The first kappa shape index (κ1) is 22.1. The van der Waals surface area contributed by atoms with Crippen LogP contribution in [0.5, 0.6) is 0 Å². The van der Waals surface area contributed by atoms with E-state index >= 15 is 0 Å². The number of hydrogen-bond donors (Lipinski definition) is 1. The zero-order chi connectivity index (χ0) is 24.3. The highest BCUT2D eigenvalue weighted by Crippen LogP contribution is 2.27.